The molecule has 2 aromatic rings. The molecule has 180 valence electrons. The maximum absolute atomic E-state index is 13.4. The van der Waals surface area contributed by atoms with Crippen LogP contribution in [0.2, 0.25) is 0 Å². The predicted molar refractivity (Wildman–Crippen MR) is 126 cm³/mol. The Hall–Kier alpha value is -2.65. The van der Waals surface area contributed by atoms with Gasteiger partial charge in [-0.1, -0.05) is 32.9 Å². The second-order valence-electron chi connectivity index (χ2n) is 9.99. The Bertz CT molecular complexity index is 1050. The Morgan fingerprint density at radius 1 is 1.00 bits per heavy atom. The number of aromatic nitrogens is 2. The zero-order valence-electron chi connectivity index (χ0n) is 19.9. The SMILES string of the molecule is CC(C)(C)[C@H](NC(=O)n1c(=O)n(CCN2CCOCC2)c2ccccc21)C(=O)N1CCCC1. The van der Waals surface area contributed by atoms with Crippen molar-refractivity contribution >= 4 is 23.0 Å². The molecule has 2 saturated heterocycles. The van der Waals surface area contributed by atoms with Crippen LogP contribution in [0.3, 0.4) is 0 Å². The standard InChI is InChI=1S/C24H35N5O4/c1-24(2,3)20(21(30)27-10-6-7-11-27)25-22(31)29-19-9-5-4-8-18(19)28(23(29)32)13-12-26-14-16-33-17-15-26/h4-5,8-9,20H,6-7,10-17H2,1-3H3,(H,25,31)/t20-/m1/s1. The minimum Gasteiger partial charge on any atom is -0.379 e. The molecule has 2 aliphatic heterocycles. The van der Waals surface area contributed by atoms with Gasteiger partial charge in [0.1, 0.15) is 6.04 Å². The summed E-state index contributed by atoms with van der Waals surface area (Å²) in [4.78, 5) is 44.1. The number of para-hydroxylation sites is 2. The fourth-order valence-corrected chi connectivity index (χ4v) is 4.64. The molecule has 0 unspecified atom stereocenters. The smallest absolute Gasteiger partial charge is 0.337 e. The number of carbonyl (C=O) groups excluding carboxylic acids is 2. The molecule has 9 nitrogen and oxygen atoms in total. The lowest BCUT2D eigenvalue weighted by Gasteiger charge is -2.33. The fourth-order valence-electron chi connectivity index (χ4n) is 4.64. The molecule has 1 aromatic heterocycles. The van der Waals surface area contributed by atoms with Gasteiger partial charge in [-0.2, -0.15) is 0 Å². The van der Waals surface area contributed by atoms with Crippen molar-refractivity contribution < 1.29 is 14.3 Å². The number of morpholine rings is 1. The Labute approximate surface area is 194 Å². The lowest BCUT2D eigenvalue weighted by Crippen LogP contribution is -2.56. The first-order valence-electron chi connectivity index (χ1n) is 11.9. The van der Waals surface area contributed by atoms with Crippen LogP contribution < -0.4 is 11.0 Å². The Morgan fingerprint density at radius 2 is 1.64 bits per heavy atom. The van der Waals surface area contributed by atoms with E-state index in [0.29, 0.717) is 50.4 Å². The van der Waals surface area contributed by atoms with Gasteiger partial charge in [-0.05, 0) is 30.4 Å². The summed E-state index contributed by atoms with van der Waals surface area (Å²) in [7, 11) is 0. The highest BCUT2D eigenvalue weighted by atomic mass is 16.5. The molecule has 0 saturated carbocycles. The van der Waals surface area contributed by atoms with E-state index in [0.717, 1.165) is 25.9 Å². The predicted octanol–water partition coefficient (Wildman–Crippen LogP) is 1.73. The molecule has 33 heavy (non-hydrogen) atoms. The molecule has 0 bridgehead atoms. The zero-order chi connectivity index (χ0) is 23.6. The quantitative estimate of drug-likeness (QED) is 0.739. The molecule has 2 fully saturated rings. The number of carbonyl (C=O) groups is 2. The van der Waals surface area contributed by atoms with Gasteiger partial charge >= 0.3 is 11.7 Å². The van der Waals surface area contributed by atoms with Crippen LogP contribution in [-0.2, 0) is 16.1 Å². The third kappa shape index (κ3) is 4.99. The maximum atomic E-state index is 13.4. The molecule has 3 heterocycles. The minimum absolute atomic E-state index is 0.0857. The van der Waals surface area contributed by atoms with Crippen LogP contribution in [0.15, 0.2) is 29.1 Å². The monoisotopic (exact) mass is 457 g/mol. The number of hydrogen-bond donors (Lipinski definition) is 1. The normalized spacial score (nSPS) is 18.6. The molecule has 1 aromatic carbocycles. The highest BCUT2D eigenvalue weighted by Gasteiger charge is 2.37. The van der Waals surface area contributed by atoms with Gasteiger partial charge in [0.15, 0.2) is 0 Å². The highest BCUT2D eigenvalue weighted by molar-refractivity contribution is 5.93. The van der Waals surface area contributed by atoms with Gasteiger partial charge < -0.3 is 15.0 Å². The number of fused-ring (bicyclic) bond motifs is 1. The zero-order valence-corrected chi connectivity index (χ0v) is 19.9. The summed E-state index contributed by atoms with van der Waals surface area (Å²) >= 11 is 0. The average molecular weight is 458 g/mol. The first-order chi connectivity index (χ1) is 15.8. The van der Waals surface area contributed by atoms with Gasteiger partial charge in [-0.15, -0.1) is 0 Å². The second kappa shape index (κ2) is 9.69. The van der Waals surface area contributed by atoms with Crippen molar-refractivity contribution in [1.29, 1.82) is 0 Å². The lowest BCUT2D eigenvalue weighted by atomic mass is 9.86. The topological polar surface area (TPSA) is 88.8 Å². The lowest BCUT2D eigenvalue weighted by molar-refractivity contribution is -0.134. The molecular weight excluding hydrogens is 422 g/mol. The third-order valence-electron chi connectivity index (χ3n) is 6.58. The van der Waals surface area contributed by atoms with E-state index in [1.165, 1.54) is 4.57 Å². The number of imidazole rings is 1. The molecule has 9 heteroatoms. The van der Waals surface area contributed by atoms with Crippen LogP contribution in [0.4, 0.5) is 4.79 Å². The highest BCUT2D eigenvalue weighted by Crippen LogP contribution is 2.23. The largest absolute Gasteiger partial charge is 0.379 e. The first kappa shape index (κ1) is 23.5. The number of ether oxygens (including phenoxy) is 1. The molecule has 4 rings (SSSR count). The van der Waals surface area contributed by atoms with E-state index in [-0.39, 0.29) is 11.6 Å². The maximum Gasteiger partial charge on any atom is 0.337 e. The summed E-state index contributed by atoms with van der Waals surface area (Å²) in [5, 5.41) is 2.89. The van der Waals surface area contributed by atoms with Crippen molar-refractivity contribution in [2.45, 2.75) is 46.2 Å². The van der Waals surface area contributed by atoms with Gasteiger partial charge in [-0.25, -0.2) is 14.2 Å². The number of likely N-dealkylation sites (tertiary alicyclic amines) is 1. The van der Waals surface area contributed by atoms with Gasteiger partial charge in [0.2, 0.25) is 5.91 Å². The number of nitrogens with zero attached hydrogens (tertiary/aromatic N) is 4. The van der Waals surface area contributed by atoms with Crippen molar-refractivity contribution in [3.8, 4) is 0 Å². The van der Waals surface area contributed by atoms with Crippen molar-refractivity contribution in [2.75, 3.05) is 45.9 Å². The number of benzene rings is 1. The van der Waals surface area contributed by atoms with Crippen LogP contribution >= 0.6 is 0 Å². The van der Waals surface area contributed by atoms with Crippen molar-refractivity contribution in [1.82, 2.24) is 24.3 Å². The fraction of sp³-hybridized carbons (Fsp3) is 0.625. The Morgan fingerprint density at radius 3 is 2.27 bits per heavy atom. The van der Waals surface area contributed by atoms with Gasteiger partial charge in [0.05, 0.1) is 24.2 Å². The number of hydrogen-bond acceptors (Lipinski definition) is 5. The Balaban J connectivity index is 1.61. The van der Waals surface area contributed by atoms with E-state index >= 15 is 0 Å². The van der Waals surface area contributed by atoms with Crippen molar-refractivity contribution in [3.05, 3.63) is 34.7 Å². The number of nitrogens with one attached hydrogen (secondary N) is 1. The molecule has 0 radical (unpaired) electrons. The summed E-state index contributed by atoms with van der Waals surface area (Å²) in [6.07, 6.45) is 1.96. The van der Waals surface area contributed by atoms with Crippen molar-refractivity contribution in [3.63, 3.8) is 0 Å². The van der Waals surface area contributed by atoms with Crippen LogP contribution in [0.1, 0.15) is 33.6 Å². The van der Waals surface area contributed by atoms with Crippen LogP contribution in [0, 0.1) is 5.41 Å². The van der Waals surface area contributed by atoms with E-state index < -0.39 is 17.5 Å². The molecule has 2 amide bonds. The summed E-state index contributed by atoms with van der Waals surface area (Å²) in [5.74, 6) is -0.0857. The van der Waals surface area contributed by atoms with E-state index in [1.807, 2.05) is 43.9 Å². The first-order valence-corrected chi connectivity index (χ1v) is 11.9. The van der Waals surface area contributed by atoms with Crippen LogP contribution in [0.5, 0.6) is 0 Å². The molecule has 1 N–H and O–H groups in total. The number of amides is 2. The third-order valence-corrected chi connectivity index (χ3v) is 6.58. The molecule has 2 aliphatic rings. The Kier molecular flexibility index (Phi) is 6.90. The number of rotatable bonds is 5. The second-order valence-corrected chi connectivity index (χ2v) is 9.99. The molecule has 0 spiro atoms. The van der Waals surface area contributed by atoms with Gasteiger partial charge in [-0.3, -0.25) is 14.3 Å². The van der Waals surface area contributed by atoms with Crippen LogP contribution in [-0.4, -0.2) is 82.9 Å². The minimum atomic E-state index is -0.717. The summed E-state index contributed by atoms with van der Waals surface area (Å²) in [6.45, 7) is 11.5. The van der Waals surface area contributed by atoms with E-state index in [9.17, 15) is 14.4 Å². The average Bonchev–Trinajstić information content (AvgIpc) is 3.42. The summed E-state index contributed by atoms with van der Waals surface area (Å²) < 4.78 is 8.23. The summed E-state index contributed by atoms with van der Waals surface area (Å²) in [5.41, 5.74) is 0.378. The van der Waals surface area contributed by atoms with Gasteiger partial charge in [0, 0.05) is 39.3 Å². The molecule has 0 aliphatic carbocycles. The van der Waals surface area contributed by atoms with E-state index in [2.05, 4.69) is 10.2 Å². The molecule has 1 atom stereocenters. The van der Waals surface area contributed by atoms with Crippen molar-refractivity contribution in [2.24, 2.45) is 5.41 Å². The van der Waals surface area contributed by atoms with Crippen LogP contribution in [0.25, 0.3) is 11.0 Å². The van der Waals surface area contributed by atoms with E-state index in [4.69, 9.17) is 4.74 Å². The summed E-state index contributed by atoms with van der Waals surface area (Å²) in [6, 6.07) is 6.03. The molecular formula is C24H35N5O4. The van der Waals surface area contributed by atoms with E-state index in [1.54, 1.807) is 10.6 Å². The van der Waals surface area contributed by atoms with Gasteiger partial charge in [0.25, 0.3) is 0 Å².